The molecule has 1 N–H and O–H groups in total. The second-order valence-corrected chi connectivity index (χ2v) is 5.42. The van der Waals surface area contributed by atoms with Gasteiger partial charge in [-0.05, 0) is 44.4 Å². The second kappa shape index (κ2) is 6.18. The Morgan fingerprint density at radius 1 is 1.30 bits per heavy atom. The summed E-state index contributed by atoms with van der Waals surface area (Å²) in [5, 5.41) is 8.28. The SMILES string of the molecule is CCCNC1CCCCc2c1cnn2-c1ccncc1. The lowest BCUT2D eigenvalue weighted by Gasteiger charge is -2.16. The third-order valence-corrected chi connectivity index (χ3v) is 3.98. The van der Waals surface area contributed by atoms with Crippen molar-refractivity contribution in [2.45, 2.75) is 45.1 Å². The molecule has 0 amide bonds. The Hall–Kier alpha value is -1.68. The molecule has 1 aliphatic carbocycles. The van der Waals surface area contributed by atoms with Gasteiger partial charge >= 0.3 is 0 Å². The number of rotatable bonds is 4. The predicted octanol–water partition coefficient (Wildman–Crippen LogP) is 3.03. The minimum Gasteiger partial charge on any atom is -0.310 e. The first kappa shape index (κ1) is 13.3. The van der Waals surface area contributed by atoms with E-state index in [1.807, 2.05) is 24.5 Å². The number of hydrogen-bond acceptors (Lipinski definition) is 3. The summed E-state index contributed by atoms with van der Waals surface area (Å²) in [5.41, 5.74) is 3.85. The van der Waals surface area contributed by atoms with Gasteiger partial charge in [0.1, 0.15) is 0 Å². The Bertz CT molecular complexity index is 547. The lowest BCUT2D eigenvalue weighted by atomic mass is 10.1. The van der Waals surface area contributed by atoms with Crippen molar-refractivity contribution in [1.29, 1.82) is 0 Å². The largest absolute Gasteiger partial charge is 0.310 e. The molecule has 0 aromatic carbocycles. The summed E-state index contributed by atoms with van der Waals surface area (Å²) in [6.45, 7) is 3.29. The summed E-state index contributed by atoms with van der Waals surface area (Å²) in [4.78, 5) is 4.09. The van der Waals surface area contributed by atoms with E-state index in [4.69, 9.17) is 0 Å². The molecule has 0 radical (unpaired) electrons. The van der Waals surface area contributed by atoms with E-state index in [1.54, 1.807) is 0 Å². The molecule has 0 aliphatic heterocycles. The molecule has 0 saturated heterocycles. The van der Waals surface area contributed by atoms with Crippen molar-refractivity contribution in [2.24, 2.45) is 0 Å². The molecule has 106 valence electrons. The van der Waals surface area contributed by atoms with Crippen molar-refractivity contribution in [1.82, 2.24) is 20.1 Å². The average molecular weight is 270 g/mol. The molecule has 0 fully saturated rings. The van der Waals surface area contributed by atoms with E-state index < -0.39 is 0 Å². The van der Waals surface area contributed by atoms with E-state index in [9.17, 15) is 0 Å². The van der Waals surface area contributed by atoms with Crippen molar-refractivity contribution in [3.8, 4) is 5.69 Å². The normalized spacial score (nSPS) is 18.6. The first-order valence-corrected chi connectivity index (χ1v) is 7.60. The molecule has 2 aromatic rings. The van der Waals surface area contributed by atoms with Crippen LogP contribution in [0.25, 0.3) is 5.69 Å². The highest BCUT2D eigenvalue weighted by molar-refractivity contribution is 5.35. The van der Waals surface area contributed by atoms with Crippen molar-refractivity contribution in [3.63, 3.8) is 0 Å². The fourth-order valence-electron chi connectivity index (χ4n) is 2.96. The number of nitrogens with one attached hydrogen (secondary N) is 1. The third kappa shape index (κ3) is 2.61. The monoisotopic (exact) mass is 270 g/mol. The number of pyridine rings is 1. The van der Waals surface area contributed by atoms with Gasteiger partial charge in [-0.2, -0.15) is 5.10 Å². The van der Waals surface area contributed by atoms with Crippen LogP contribution in [0.5, 0.6) is 0 Å². The van der Waals surface area contributed by atoms with Crippen LogP contribution in [0, 0.1) is 0 Å². The van der Waals surface area contributed by atoms with Gasteiger partial charge in [0.2, 0.25) is 0 Å². The van der Waals surface area contributed by atoms with Crippen molar-refractivity contribution < 1.29 is 0 Å². The smallest absolute Gasteiger partial charge is 0.0679 e. The van der Waals surface area contributed by atoms with Gasteiger partial charge in [-0.3, -0.25) is 4.98 Å². The first-order valence-electron chi connectivity index (χ1n) is 7.60. The molecule has 1 unspecified atom stereocenters. The van der Waals surface area contributed by atoms with E-state index in [1.165, 1.54) is 36.9 Å². The van der Waals surface area contributed by atoms with Crippen LogP contribution in [0.2, 0.25) is 0 Å². The van der Waals surface area contributed by atoms with Gasteiger partial charge in [-0.15, -0.1) is 0 Å². The van der Waals surface area contributed by atoms with E-state index in [0.717, 1.165) is 18.7 Å². The lowest BCUT2D eigenvalue weighted by molar-refractivity contribution is 0.489. The zero-order valence-electron chi connectivity index (χ0n) is 12.0. The maximum absolute atomic E-state index is 4.62. The van der Waals surface area contributed by atoms with Gasteiger partial charge in [-0.25, -0.2) is 4.68 Å². The topological polar surface area (TPSA) is 42.7 Å². The highest BCUT2D eigenvalue weighted by atomic mass is 15.3. The summed E-state index contributed by atoms with van der Waals surface area (Å²) in [6, 6.07) is 4.50. The molecule has 2 heterocycles. The Balaban J connectivity index is 1.94. The van der Waals surface area contributed by atoms with Crippen LogP contribution in [0.15, 0.2) is 30.7 Å². The van der Waals surface area contributed by atoms with Crippen LogP contribution in [0.1, 0.15) is 49.9 Å². The van der Waals surface area contributed by atoms with Crippen LogP contribution < -0.4 is 5.32 Å². The Morgan fingerprint density at radius 2 is 2.15 bits per heavy atom. The molecule has 1 atom stereocenters. The number of fused-ring (bicyclic) bond motifs is 1. The zero-order valence-corrected chi connectivity index (χ0v) is 12.0. The molecule has 2 aromatic heterocycles. The molecular formula is C16H22N4. The Morgan fingerprint density at radius 3 is 2.95 bits per heavy atom. The summed E-state index contributed by atoms with van der Waals surface area (Å²) in [7, 11) is 0. The Kier molecular flexibility index (Phi) is 4.11. The van der Waals surface area contributed by atoms with Crippen molar-refractivity contribution >= 4 is 0 Å². The number of aromatic nitrogens is 3. The van der Waals surface area contributed by atoms with Gasteiger partial charge < -0.3 is 5.32 Å². The van der Waals surface area contributed by atoms with E-state index in [0.29, 0.717) is 6.04 Å². The van der Waals surface area contributed by atoms with Gasteiger partial charge in [0.05, 0.1) is 11.9 Å². The molecule has 0 spiro atoms. The molecule has 1 aliphatic rings. The van der Waals surface area contributed by atoms with Gasteiger partial charge in [-0.1, -0.05) is 13.3 Å². The fraction of sp³-hybridized carbons (Fsp3) is 0.500. The standard InChI is InChI=1S/C16H22N4/c1-2-9-18-15-5-3-4-6-16-14(15)12-19-20(16)13-7-10-17-11-8-13/h7-8,10-12,15,18H,2-6,9H2,1H3. The molecule has 3 rings (SSSR count). The van der Waals surface area contributed by atoms with Gasteiger partial charge in [0.15, 0.2) is 0 Å². The van der Waals surface area contributed by atoms with Crippen LogP contribution in [0.3, 0.4) is 0 Å². The summed E-state index contributed by atoms with van der Waals surface area (Å²) >= 11 is 0. The third-order valence-electron chi connectivity index (χ3n) is 3.98. The fourth-order valence-corrected chi connectivity index (χ4v) is 2.96. The molecule has 20 heavy (non-hydrogen) atoms. The van der Waals surface area contributed by atoms with Crippen LogP contribution in [0.4, 0.5) is 0 Å². The highest BCUT2D eigenvalue weighted by Gasteiger charge is 2.22. The summed E-state index contributed by atoms with van der Waals surface area (Å²) < 4.78 is 2.09. The maximum atomic E-state index is 4.62. The summed E-state index contributed by atoms with van der Waals surface area (Å²) in [6.07, 6.45) is 11.7. The second-order valence-electron chi connectivity index (χ2n) is 5.42. The van der Waals surface area contributed by atoms with Crippen LogP contribution in [-0.4, -0.2) is 21.3 Å². The zero-order chi connectivity index (χ0) is 13.8. The molecule has 4 heteroatoms. The van der Waals surface area contributed by atoms with E-state index >= 15 is 0 Å². The molecule has 4 nitrogen and oxygen atoms in total. The highest BCUT2D eigenvalue weighted by Crippen LogP contribution is 2.29. The Labute approximate surface area is 120 Å². The van der Waals surface area contributed by atoms with Gasteiger partial charge in [0, 0.05) is 29.7 Å². The quantitative estimate of drug-likeness (QED) is 0.868. The molecular weight excluding hydrogens is 248 g/mol. The average Bonchev–Trinajstić information content (AvgIpc) is 2.81. The van der Waals surface area contributed by atoms with E-state index in [-0.39, 0.29) is 0 Å². The van der Waals surface area contributed by atoms with Crippen molar-refractivity contribution in [2.75, 3.05) is 6.54 Å². The summed E-state index contributed by atoms with van der Waals surface area (Å²) in [5.74, 6) is 0. The molecule has 0 saturated carbocycles. The van der Waals surface area contributed by atoms with Gasteiger partial charge in [0.25, 0.3) is 0 Å². The minimum absolute atomic E-state index is 0.461. The predicted molar refractivity (Wildman–Crippen MR) is 79.9 cm³/mol. The maximum Gasteiger partial charge on any atom is 0.0679 e. The first-order chi connectivity index (χ1) is 9.90. The number of nitrogens with zero attached hydrogens (tertiary/aromatic N) is 3. The lowest BCUT2D eigenvalue weighted by Crippen LogP contribution is -2.22. The minimum atomic E-state index is 0.461. The van der Waals surface area contributed by atoms with Crippen LogP contribution >= 0.6 is 0 Å². The van der Waals surface area contributed by atoms with E-state index in [2.05, 4.69) is 33.2 Å². The molecule has 0 bridgehead atoms. The van der Waals surface area contributed by atoms with Crippen LogP contribution in [-0.2, 0) is 6.42 Å². The number of hydrogen-bond donors (Lipinski definition) is 1. The van der Waals surface area contributed by atoms with Crippen molar-refractivity contribution in [3.05, 3.63) is 42.0 Å².